The molecule has 0 radical (unpaired) electrons. The molecule has 2 N–H and O–H groups in total. The van der Waals surface area contributed by atoms with Gasteiger partial charge in [-0.2, -0.15) is 0 Å². The van der Waals surface area contributed by atoms with Crippen LogP contribution in [0.15, 0.2) is 6.20 Å². The van der Waals surface area contributed by atoms with Crippen molar-refractivity contribution in [2.24, 2.45) is 11.7 Å². The average molecular weight is 277 g/mol. The summed E-state index contributed by atoms with van der Waals surface area (Å²) < 4.78 is 0. The molecule has 2 atom stereocenters. The Kier molecular flexibility index (Phi) is 4.09. The summed E-state index contributed by atoms with van der Waals surface area (Å²) >= 11 is 0. The Hall–Kier alpha value is -1.49. The van der Waals surface area contributed by atoms with Gasteiger partial charge in [0, 0.05) is 29.3 Å². The molecule has 1 aliphatic carbocycles. The zero-order chi connectivity index (χ0) is 14.9. The molecule has 2 rings (SSSR count). The van der Waals surface area contributed by atoms with E-state index in [1.165, 1.54) is 0 Å². The summed E-state index contributed by atoms with van der Waals surface area (Å²) in [5.41, 5.74) is 8.47. The molecule has 0 bridgehead atoms. The number of rotatable bonds is 4. The third kappa shape index (κ3) is 2.82. The number of pyridine rings is 1. The van der Waals surface area contributed by atoms with Crippen molar-refractivity contribution in [1.29, 1.82) is 0 Å². The molecule has 0 aliphatic heterocycles. The van der Waals surface area contributed by atoms with E-state index in [9.17, 15) is 10.1 Å². The van der Waals surface area contributed by atoms with Gasteiger partial charge in [-0.05, 0) is 39.0 Å². The topological polar surface area (TPSA) is 82.0 Å². The Morgan fingerprint density at radius 3 is 2.80 bits per heavy atom. The molecule has 2 unspecified atom stereocenters. The summed E-state index contributed by atoms with van der Waals surface area (Å²) in [6.07, 6.45) is 6.51. The molecule has 0 spiro atoms. The van der Waals surface area contributed by atoms with E-state index >= 15 is 0 Å². The van der Waals surface area contributed by atoms with Gasteiger partial charge in [0.2, 0.25) is 0 Å². The highest BCUT2D eigenvalue weighted by Crippen LogP contribution is 2.37. The number of hydrogen-bond donors (Lipinski definition) is 1. The monoisotopic (exact) mass is 277 g/mol. The molecule has 0 aromatic carbocycles. The molecule has 1 aromatic heterocycles. The normalized spacial score (nSPS) is 25.9. The van der Waals surface area contributed by atoms with Crippen LogP contribution in [-0.2, 0) is 6.42 Å². The van der Waals surface area contributed by atoms with Crippen molar-refractivity contribution >= 4 is 5.69 Å². The van der Waals surface area contributed by atoms with E-state index in [1.54, 1.807) is 20.0 Å². The van der Waals surface area contributed by atoms with Crippen molar-refractivity contribution in [3.63, 3.8) is 0 Å². The van der Waals surface area contributed by atoms with E-state index in [1.807, 2.05) is 0 Å². The van der Waals surface area contributed by atoms with E-state index < -0.39 is 0 Å². The summed E-state index contributed by atoms with van der Waals surface area (Å²) in [6, 6.07) is 0. The number of aromatic nitrogens is 1. The number of nitro groups is 1. The van der Waals surface area contributed by atoms with Gasteiger partial charge in [0.05, 0.1) is 10.6 Å². The average Bonchev–Trinajstić information content (AvgIpc) is 2.75. The third-order valence-corrected chi connectivity index (χ3v) is 4.60. The maximum Gasteiger partial charge on any atom is 0.278 e. The van der Waals surface area contributed by atoms with Gasteiger partial charge in [0.25, 0.3) is 5.69 Å². The first-order valence-electron chi connectivity index (χ1n) is 7.24. The van der Waals surface area contributed by atoms with Crippen LogP contribution in [0.5, 0.6) is 0 Å². The van der Waals surface area contributed by atoms with E-state index in [4.69, 9.17) is 5.73 Å². The minimum Gasteiger partial charge on any atom is -0.325 e. The highest BCUT2D eigenvalue weighted by molar-refractivity contribution is 5.47. The minimum atomic E-state index is -0.317. The molecular weight excluding hydrogens is 254 g/mol. The minimum absolute atomic E-state index is 0.184. The van der Waals surface area contributed by atoms with E-state index in [0.717, 1.165) is 31.4 Å². The Balaban J connectivity index is 2.27. The molecule has 1 saturated carbocycles. The second-order valence-electron chi connectivity index (χ2n) is 6.17. The van der Waals surface area contributed by atoms with Gasteiger partial charge >= 0.3 is 0 Å². The first-order chi connectivity index (χ1) is 9.36. The Labute approximate surface area is 119 Å². The summed E-state index contributed by atoms with van der Waals surface area (Å²) in [5, 5.41) is 11.2. The molecule has 0 saturated heterocycles. The van der Waals surface area contributed by atoms with Crippen LogP contribution in [0.4, 0.5) is 5.69 Å². The van der Waals surface area contributed by atoms with Gasteiger partial charge in [-0.3, -0.25) is 15.1 Å². The maximum atomic E-state index is 11.2. The molecular formula is C15H23N3O2. The zero-order valence-corrected chi connectivity index (χ0v) is 12.5. The van der Waals surface area contributed by atoms with Gasteiger partial charge in [-0.1, -0.05) is 13.3 Å². The lowest BCUT2D eigenvalue weighted by atomic mass is 9.89. The predicted molar refractivity (Wildman–Crippen MR) is 78.6 cm³/mol. The predicted octanol–water partition coefficient (Wildman–Crippen LogP) is 3.06. The van der Waals surface area contributed by atoms with Crippen LogP contribution < -0.4 is 5.73 Å². The molecule has 1 aromatic rings. The number of hydrogen-bond acceptors (Lipinski definition) is 4. The zero-order valence-electron chi connectivity index (χ0n) is 12.5. The lowest BCUT2D eigenvalue weighted by Crippen LogP contribution is -2.39. The molecule has 1 fully saturated rings. The standard InChI is InChI=1S/C15H23N3O2/c1-4-12-5-6-15(16,7-12)8-13-11(3)14(18(19)20)10(2)9-17-13/h9,12H,4-8,16H2,1-3H3. The lowest BCUT2D eigenvalue weighted by molar-refractivity contribution is -0.386. The van der Waals surface area contributed by atoms with Crippen LogP contribution in [-0.4, -0.2) is 15.4 Å². The fourth-order valence-electron chi connectivity index (χ4n) is 3.34. The molecule has 0 amide bonds. The van der Waals surface area contributed by atoms with Gasteiger partial charge in [0.15, 0.2) is 0 Å². The van der Waals surface area contributed by atoms with Crippen LogP contribution in [0.25, 0.3) is 0 Å². The third-order valence-electron chi connectivity index (χ3n) is 4.60. The van der Waals surface area contributed by atoms with Crippen molar-refractivity contribution in [1.82, 2.24) is 4.98 Å². The maximum absolute atomic E-state index is 11.2. The fourth-order valence-corrected chi connectivity index (χ4v) is 3.34. The smallest absolute Gasteiger partial charge is 0.278 e. The van der Waals surface area contributed by atoms with E-state index in [0.29, 0.717) is 23.5 Å². The van der Waals surface area contributed by atoms with Crippen LogP contribution in [0.2, 0.25) is 0 Å². The first kappa shape index (κ1) is 14.9. The highest BCUT2D eigenvalue weighted by Gasteiger charge is 2.36. The van der Waals surface area contributed by atoms with Crippen LogP contribution in [0.1, 0.15) is 49.4 Å². The van der Waals surface area contributed by atoms with E-state index in [-0.39, 0.29) is 16.1 Å². The second kappa shape index (κ2) is 5.48. The number of aryl methyl sites for hydroxylation is 1. The number of nitrogens with two attached hydrogens (primary N) is 1. The molecule has 5 nitrogen and oxygen atoms in total. The quantitative estimate of drug-likeness (QED) is 0.677. The Morgan fingerprint density at radius 2 is 2.25 bits per heavy atom. The first-order valence-corrected chi connectivity index (χ1v) is 7.24. The molecule has 20 heavy (non-hydrogen) atoms. The lowest BCUT2D eigenvalue weighted by Gasteiger charge is -2.24. The Morgan fingerprint density at radius 1 is 1.55 bits per heavy atom. The molecule has 1 aliphatic rings. The summed E-state index contributed by atoms with van der Waals surface area (Å²) in [7, 11) is 0. The van der Waals surface area contributed by atoms with Crippen molar-refractivity contribution in [2.75, 3.05) is 0 Å². The van der Waals surface area contributed by atoms with E-state index in [2.05, 4.69) is 11.9 Å². The van der Waals surface area contributed by atoms with Crippen molar-refractivity contribution in [3.8, 4) is 0 Å². The van der Waals surface area contributed by atoms with Gasteiger partial charge in [-0.15, -0.1) is 0 Å². The summed E-state index contributed by atoms with van der Waals surface area (Å²) in [4.78, 5) is 15.2. The van der Waals surface area contributed by atoms with Gasteiger partial charge in [-0.25, -0.2) is 0 Å². The SMILES string of the molecule is CCC1CCC(N)(Cc2ncc(C)c([N+](=O)[O-])c2C)C1. The summed E-state index contributed by atoms with van der Waals surface area (Å²) in [5.74, 6) is 0.681. The van der Waals surface area contributed by atoms with Gasteiger partial charge in [0.1, 0.15) is 0 Å². The summed E-state index contributed by atoms with van der Waals surface area (Å²) in [6.45, 7) is 5.70. The Bertz CT molecular complexity index is 530. The highest BCUT2D eigenvalue weighted by atomic mass is 16.6. The largest absolute Gasteiger partial charge is 0.325 e. The van der Waals surface area contributed by atoms with Crippen molar-refractivity contribution in [2.45, 2.75) is 58.4 Å². The van der Waals surface area contributed by atoms with Crippen LogP contribution in [0, 0.1) is 29.9 Å². The molecule has 110 valence electrons. The number of nitrogens with zero attached hydrogens (tertiary/aromatic N) is 2. The second-order valence-corrected chi connectivity index (χ2v) is 6.17. The van der Waals surface area contributed by atoms with Crippen molar-refractivity contribution < 1.29 is 4.92 Å². The van der Waals surface area contributed by atoms with Crippen molar-refractivity contribution in [3.05, 3.63) is 33.1 Å². The fraction of sp³-hybridized carbons (Fsp3) is 0.667. The van der Waals surface area contributed by atoms with Crippen LogP contribution >= 0.6 is 0 Å². The van der Waals surface area contributed by atoms with Gasteiger partial charge < -0.3 is 5.73 Å². The van der Waals surface area contributed by atoms with Crippen LogP contribution in [0.3, 0.4) is 0 Å². The molecule has 5 heteroatoms. The molecule has 1 heterocycles.